The molecule has 0 aliphatic carbocycles. The van der Waals surface area contributed by atoms with Gasteiger partial charge in [-0.05, 0) is 29.8 Å². The maximum absolute atomic E-state index is 11.0. The first-order valence-electron chi connectivity index (χ1n) is 8.19. The van der Waals surface area contributed by atoms with Crippen LogP contribution in [0.25, 0.3) is 0 Å². The van der Waals surface area contributed by atoms with Crippen LogP contribution in [-0.4, -0.2) is 39.7 Å². The van der Waals surface area contributed by atoms with E-state index in [1.165, 1.54) is 20.4 Å². The van der Waals surface area contributed by atoms with E-state index in [2.05, 4.69) is 15.3 Å². The number of para-hydroxylation sites is 1. The highest BCUT2D eigenvalue weighted by Gasteiger charge is 2.11. The number of amides is 1. The van der Waals surface area contributed by atoms with Gasteiger partial charge in [0.15, 0.2) is 11.5 Å². The zero-order chi connectivity index (χ0) is 19.5. The molecule has 0 bridgehead atoms. The van der Waals surface area contributed by atoms with Crippen molar-refractivity contribution >= 4 is 23.9 Å². The summed E-state index contributed by atoms with van der Waals surface area (Å²) in [6.45, 7) is 0.939. The molecule has 2 aromatic rings. The maximum Gasteiger partial charge on any atom is 0.427 e. The van der Waals surface area contributed by atoms with Crippen molar-refractivity contribution in [3.8, 4) is 17.2 Å². The minimum Gasteiger partial charge on any atom is -0.493 e. The second kappa shape index (κ2) is 10.9. The summed E-state index contributed by atoms with van der Waals surface area (Å²) < 4.78 is 21.1. The number of hydrazone groups is 1. The molecule has 0 spiro atoms. The van der Waals surface area contributed by atoms with Crippen molar-refractivity contribution in [1.82, 2.24) is 5.43 Å². The third-order valence-corrected chi connectivity index (χ3v) is 3.63. The van der Waals surface area contributed by atoms with Crippen molar-refractivity contribution < 1.29 is 23.7 Å². The van der Waals surface area contributed by atoms with Crippen LogP contribution in [-0.2, 0) is 4.74 Å². The Kier molecular flexibility index (Phi) is 8.25. The van der Waals surface area contributed by atoms with E-state index in [9.17, 15) is 4.79 Å². The summed E-state index contributed by atoms with van der Waals surface area (Å²) in [6.07, 6.45) is 1.44. The minimum absolute atomic E-state index is 0.373. The molecule has 0 saturated carbocycles. The Morgan fingerprint density at radius 1 is 1.15 bits per heavy atom. The van der Waals surface area contributed by atoms with Crippen LogP contribution in [0.15, 0.2) is 47.6 Å². The number of hydrogen-bond donors (Lipinski definition) is 1. The number of nitrogens with one attached hydrogen (secondary N) is 1. The van der Waals surface area contributed by atoms with Gasteiger partial charge < -0.3 is 18.9 Å². The molecular weight excluding hydrogens is 372 g/mol. The minimum atomic E-state index is -0.665. The monoisotopic (exact) mass is 392 g/mol. The summed E-state index contributed by atoms with van der Waals surface area (Å²) in [5.74, 6) is 1.72. The zero-order valence-electron chi connectivity index (χ0n) is 15.1. The molecule has 1 N–H and O–H groups in total. The molecule has 1 amide bonds. The molecule has 0 aromatic heterocycles. The van der Waals surface area contributed by atoms with Crippen LogP contribution < -0.4 is 19.6 Å². The van der Waals surface area contributed by atoms with E-state index in [-0.39, 0.29) is 0 Å². The number of rotatable bonds is 9. The second-order valence-corrected chi connectivity index (χ2v) is 5.67. The molecule has 0 atom stereocenters. The molecule has 0 radical (unpaired) electrons. The largest absolute Gasteiger partial charge is 0.493 e. The number of ether oxygens (including phenoxy) is 4. The predicted molar refractivity (Wildman–Crippen MR) is 103 cm³/mol. The van der Waals surface area contributed by atoms with E-state index in [0.717, 1.165) is 5.75 Å². The molecule has 0 saturated heterocycles. The van der Waals surface area contributed by atoms with Gasteiger partial charge in [0.2, 0.25) is 0 Å². The summed E-state index contributed by atoms with van der Waals surface area (Å²) >= 11 is 6.28. The number of benzene rings is 2. The third-order valence-electron chi connectivity index (χ3n) is 3.35. The van der Waals surface area contributed by atoms with E-state index >= 15 is 0 Å². The molecule has 7 nitrogen and oxygen atoms in total. The van der Waals surface area contributed by atoms with E-state index in [1.807, 2.05) is 30.3 Å². The van der Waals surface area contributed by atoms with Gasteiger partial charge in [0.25, 0.3) is 0 Å². The van der Waals surface area contributed by atoms with Gasteiger partial charge in [0.1, 0.15) is 5.75 Å². The smallest absolute Gasteiger partial charge is 0.427 e. The fourth-order valence-corrected chi connectivity index (χ4v) is 2.37. The third kappa shape index (κ3) is 6.71. The summed E-state index contributed by atoms with van der Waals surface area (Å²) in [5, 5.41) is 4.13. The van der Waals surface area contributed by atoms with E-state index in [4.69, 9.17) is 25.8 Å². The first kappa shape index (κ1) is 20.4. The van der Waals surface area contributed by atoms with Crippen LogP contribution in [0.4, 0.5) is 4.79 Å². The Balaban J connectivity index is 1.89. The molecule has 0 fully saturated rings. The van der Waals surface area contributed by atoms with Crippen LogP contribution in [0.2, 0.25) is 5.02 Å². The van der Waals surface area contributed by atoms with Crippen molar-refractivity contribution in [3.05, 3.63) is 53.1 Å². The Morgan fingerprint density at radius 2 is 1.89 bits per heavy atom. The van der Waals surface area contributed by atoms with Gasteiger partial charge in [-0.25, -0.2) is 10.2 Å². The topological polar surface area (TPSA) is 78.4 Å². The second-order valence-electron chi connectivity index (χ2n) is 5.26. The standard InChI is InChI=1S/C19H21ClN2O5/c1-24-17-12-14(13-21-22-19(23)25-2)11-16(20)18(17)27-10-6-9-26-15-7-4-3-5-8-15/h3-5,7-8,11-13H,6,9-10H2,1-2H3,(H,22,23). The molecule has 0 aliphatic heterocycles. The first-order chi connectivity index (χ1) is 13.1. The van der Waals surface area contributed by atoms with Crippen molar-refractivity contribution in [2.75, 3.05) is 27.4 Å². The predicted octanol–water partition coefficient (Wildman–Crippen LogP) is 3.89. The summed E-state index contributed by atoms with van der Waals surface area (Å²) in [5.41, 5.74) is 2.83. The zero-order valence-corrected chi connectivity index (χ0v) is 15.9. The maximum atomic E-state index is 11.0. The number of methoxy groups -OCH3 is 2. The molecule has 2 rings (SSSR count). The molecular formula is C19H21ClN2O5. The molecule has 2 aromatic carbocycles. The lowest BCUT2D eigenvalue weighted by atomic mass is 10.2. The summed E-state index contributed by atoms with van der Waals surface area (Å²) in [4.78, 5) is 11.0. The van der Waals surface area contributed by atoms with Crippen LogP contribution >= 0.6 is 11.6 Å². The van der Waals surface area contributed by atoms with E-state index in [1.54, 1.807) is 12.1 Å². The lowest BCUT2D eigenvalue weighted by molar-refractivity contribution is 0.171. The fourth-order valence-electron chi connectivity index (χ4n) is 2.10. The molecule has 144 valence electrons. The van der Waals surface area contributed by atoms with Crippen LogP contribution in [0, 0.1) is 0 Å². The normalized spacial score (nSPS) is 10.5. The van der Waals surface area contributed by atoms with Gasteiger partial charge in [-0.2, -0.15) is 5.10 Å². The van der Waals surface area contributed by atoms with Gasteiger partial charge in [-0.3, -0.25) is 0 Å². The van der Waals surface area contributed by atoms with Crippen molar-refractivity contribution in [2.45, 2.75) is 6.42 Å². The summed E-state index contributed by atoms with van der Waals surface area (Å²) in [6, 6.07) is 12.9. The van der Waals surface area contributed by atoms with Gasteiger partial charge in [0, 0.05) is 6.42 Å². The van der Waals surface area contributed by atoms with Crippen LogP contribution in [0.1, 0.15) is 12.0 Å². The number of carbonyl (C=O) groups is 1. The number of carbonyl (C=O) groups excluding carboxylic acids is 1. The summed E-state index contributed by atoms with van der Waals surface area (Å²) in [7, 11) is 2.77. The Morgan fingerprint density at radius 3 is 2.59 bits per heavy atom. The highest BCUT2D eigenvalue weighted by atomic mass is 35.5. The molecule has 0 unspecified atom stereocenters. The molecule has 8 heteroatoms. The van der Waals surface area contributed by atoms with Crippen molar-refractivity contribution in [3.63, 3.8) is 0 Å². The highest BCUT2D eigenvalue weighted by molar-refractivity contribution is 6.32. The van der Waals surface area contributed by atoms with Crippen molar-refractivity contribution in [2.24, 2.45) is 5.10 Å². The van der Waals surface area contributed by atoms with Gasteiger partial charge >= 0.3 is 6.09 Å². The lowest BCUT2D eigenvalue weighted by Gasteiger charge is -2.13. The van der Waals surface area contributed by atoms with Crippen LogP contribution in [0.3, 0.4) is 0 Å². The highest BCUT2D eigenvalue weighted by Crippen LogP contribution is 2.36. The lowest BCUT2D eigenvalue weighted by Crippen LogP contribution is -2.16. The van der Waals surface area contributed by atoms with E-state index in [0.29, 0.717) is 41.7 Å². The number of nitrogens with zero attached hydrogens (tertiary/aromatic N) is 1. The quantitative estimate of drug-likeness (QED) is 0.398. The van der Waals surface area contributed by atoms with Crippen LogP contribution in [0.5, 0.6) is 17.2 Å². The van der Waals surface area contributed by atoms with Gasteiger partial charge in [-0.1, -0.05) is 29.8 Å². The molecule has 0 aliphatic rings. The average molecular weight is 393 g/mol. The Labute approximate surface area is 162 Å². The van der Waals surface area contributed by atoms with E-state index < -0.39 is 6.09 Å². The average Bonchev–Trinajstić information content (AvgIpc) is 2.69. The Hall–Kier alpha value is -2.93. The van der Waals surface area contributed by atoms with Gasteiger partial charge in [0.05, 0.1) is 38.7 Å². The first-order valence-corrected chi connectivity index (χ1v) is 8.57. The fraction of sp³-hybridized carbons (Fsp3) is 0.263. The molecule has 0 heterocycles. The Bertz CT molecular complexity index is 768. The number of halogens is 1. The molecule has 27 heavy (non-hydrogen) atoms. The number of hydrogen-bond acceptors (Lipinski definition) is 6. The van der Waals surface area contributed by atoms with Crippen molar-refractivity contribution in [1.29, 1.82) is 0 Å². The SMILES string of the molecule is COC(=O)NN=Cc1cc(Cl)c(OCCCOc2ccccc2)c(OC)c1. The van der Waals surface area contributed by atoms with Gasteiger partial charge in [-0.15, -0.1) is 0 Å².